The lowest BCUT2D eigenvalue weighted by Gasteiger charge is -2.12. The molecular formula is C11H13BrFNO. The van der Waals surface area contributed by atoms with Crippen molar-refractivity contribution < 1.29 is 9.18 Å². The van der Waals surface area contributed by atoms with E-state index in [1.165, 1.54) is 18.2 Å². The fraction of sp³-hybridized carbons (Fsp3) is 0.364. The van der Waals surface area contributed by atoms with Crippen molar-refractivity contribution in [2.75, 3.05) is 5.33 Å². The second kappa shape index (κ2) is 5.85. The molecule has 0 aliphatic carbocycles. The van der Waals surface area contributed by atoms with Gasteiger partial charge in [-0.25, -0.2) is 4.39 Å². The van der Waals surface area contributed by atoms with E-state index in [1.807, 2.05) is 6.92 Å². The largest absolute Gasteiger partial charge is 0.350 e. The van der Waals surface area contributed by atoms with Crippen LogP contribution in [0.2, 0.25) is 0 Å². The minimum atomic E-state index is -0.393. The molecule has 0 spiro atoms. The van der Waals surface area contributed by atoms with Crippen LogP contribution in [0, 0.1) is 5.82 Å². The van der Waals surface area contributed by atoms with E-state index in [-0.39, 0.29) is 11.9 Å². The average molecular weight is 274 g/mol. The van der Waals surface area contributed by atoms with Crippen molar-refractivity contribution in [1.82, 2.24) is 5.32 Å². The van der Waals surface area contributed by atoms with Gasteiger partial charge < -0.3 is 5.32 Å². The Morgan fingerprint density at radius 3 is 2.93 bits per heavy atom. The number of benzene rings is 1. The third-order valence-electron chi connectivity index (χ3n) is 2.01. The molecule has 0 saturated carbocycles. The second-order valence-corrected chi connectivity index (χ2v) is 4.16. The molecule has 1 aromatic carbocycles. The number of rotatable bonds is 4. The van der Waals surface area contributed by atoms with E-state index in [9.17, 15) is 9.18 Å². The number of amides is 1. The molecule has 4 heteroatoms. The summed E-state index contributed by atoms with van der Waals surface area (Å²) in [6.07, 6.45) is 0.848. The first kappa shape index (κ1) is 12.2. The van der Waals surface area contributed by atoms with E-state index >= 15 is 0 Å². The van der Waals surface area contributed by atoms with Gasteiger partial charge in [-0.2, -0.15) is 0 Å². The van der Waals surface area contributed by atoms with E-state index in [0.717, 1.165) is 11.8 Å². The highest BCUT2D eigenvalue weighted by Crippen LogP contribution is 2.04. The molecule has 0 aliphatic rings. The van der Waals surface area contributed by atoms with Crippen LogP contribution in [-0.4, -0.2) is 17.3 Å². The molecule has 0 fully saturated rings. The van der Waals surface area contributed by atoms with Crippen LogP contribution in [0.5, 0.6) is 0 Å². The van der Waals surface area contributed by atoms with Crippen LogP contribution in [0.4, 0.5) is 4.39 Å². The molecule has 0 radical (unpaired) electrons. The number of nitrogens with one attached hydrogen (secondary N) is 1. The zero-order chi connectivity index (χ0) is 11.3. The van der Waals surface area contributed by atoms with Crippen LogP contribution < -0.4 is 5.32 Å². The number of hydrogen-bond donors (Lipinski definition) is 1. The first-order chi connectivity index (χ1) is 7.13. The normalized spacial score (nSPS) is 12.2. The maximum absolute atomic E-state index is 12.8. The van der Waals surface area contributed by atoms with Crippen molar-refractivity contribution in [2.45, 2.75) is 19.4 Å². The van der Waals surface area contributed by atoms with Gasteiger partial charge in [0.25, 0.3) is 5.91 Å². The van der Waals surface area contributed by atoms with Crippen molar-refractivity contribution in [1.29, 1.82) is 0 Å². The quantitative estimate of drug-likeness (QED) is 0.840. The summed E-state index contributed by atoms with van der Waals surface area (Å²) in [7, 11) is 0. The Hall–Kier alpha value is -0.900. The van der Waals surface area contributed by atoms with Crippen LogP contribution in [0.25, 0.3) is 0 Å². The third-order valence-corrected chi connectivity index (χ3v) is 2.46. The highest BCUT2D eigenvalue weighted by molar-refractivity contribution is 9.09. The topological polar surface area (TPSA) is 29.1 Å². The summed E-state index contributed by atoms with van der Waals surface area (Å²) in [6.45, 7) is 1.92. The van der Waals surface area contributed by atoms with E-state index in [2.05, 4.69) is 21.2 Å². The highest BCUT2D eigenvalue weighted by atomic mass is 79.9. The summed E-state index contributed by atoms with van der Waals surface area (Å²) in [6, 6.07) is 5.76. The van der Waals surface area contributed by atoms with Gasteiger partial charge in [0.15, 0.2) is 0 Å². The number of carbonyl (C=O) groups is 1. The number of carbonyl (C=O) groups excluding carboxylic acids is 1. The maximum Gasteiger partial charge on any atom is 0.251 e. The van der Waals surface area contributed by atoms with Gasteiger partial charge in [0.2, 0.25) is 0 Å². The van der Waals surface area contributed by atoms with Gasteiger partial charge in [0, 0.05) is 16.9 Å². The lowest BCUT2D eigenvalue weighted by Crippen LogP contribution is -2.32. The Bertz CT molecular complexity index is 343. The molecule has 1 N–H and O–H groups in total. The molecule has 0 aliphatic heterocycles. The Morgan fingerprint density at radius 2 is 2.33 bits per heavy atom. The Balaban J connectivity index is 2.61. The molecule has 0 saturated heterocycles. The SMILES string of the molecule is CC(CCBr)NC(=O)c1cccc(F)c1. The number of alkyl halides is 1. The molecule has 15 heavy (non-hydrogen) atoms. The van der Waals surface area contributed by atoms with Gasteiger partial charge in [0.1, 0.15) is 5.82 Å². The maximum atomic E-state index is 12.8. The van der Waals surface area contributed by atoms with Crippen molar-refractivity contribution in [3.05, 3.63) is 35.6 Å². The molecule has 1 amide bonds. The van der Waals surface area contributed by atoms with Crippen LogP contribution in [0.3, 0.4) is 0 Å². The molecule has 0 aromatic heterocycles. The lowest BCUT2D eigenvalue weighted by molar-refractivity contribution is 0.0939. The van der Waals surface area contributed by atoms with Crippen molar-refractivity contribution >= 4 is 21.8 Å². The average Bonchev–Trinajstić information content (AvgIpc) is 2.18. The third kappa shape index (κ3) is 4.00. The summed E-state index contributed by atoms with van der Waals surface area (Å²) in [4.78, 5) is 11.6. The molecular weight excluding hydrogens is 261 g/mol. The van der Waals surface area contributed by atoms with E-state index in [0.29, 0.717) is 5.56 Å². The summed E-state index contributed by atoms with van der Waals surface area (Å²) < 4.78 is 12.8. The minimum absolute atomic E-state index is 0.0835. The fourth-order valence-electron chi connectivity index (χ4n) is 1.17. The summed E-state index contributed by atoms with van der Waals surface area (Å²) in [5.74, 6) is -0.626. The van der Waals surface area contributed by atoms with Crippen LogP contribution >= 0.6 is 15.9 Å². The van der Waals surface area contributed by atoms with Crippen molar-refractivity contribution in [2.24, 2.45) is 0 Å². The standard InChI is InChI=1S/C11H13BrFNO/c1-8(5-6-12)14-11(15)9-3-2-4-10(13)7-9/h2-4,7-8H,5-6H2,1H3,(H,14,15). The molecule has 82 valence electrons. The first-order valence-electron chi connectivity index (χ1n) is 4.76. The van der Waals surface area contributed by atoms with Gasteiger partial charge >= 0.3 is 0 Å². The molecule has 1 unspecified atom stereocenters. The predicted octanol–water partition coefficient (Wildman–Crippen LogP) is 2.73. The monoisotopic (exact) mass is 273 g/mol. The molecule has 0 heterocycles. The smallest absolute Gasteiger partial charge is 0.251 e. The Morgan fingerprint density at radius 1 is 1.60 bits per heavy atom. The second-order valence-electron chi connectivity index (χ2n) is 3.36. The van der Waals surface area contributed by atoms with Crippen molar-refractivity contribution in [3.8, 4) is 0 Å². The molecule has 2 nitrogen and oxygen atoms in total. The van der Waals surface area contributed by atoms with Crippen LogP contribution in [0.1, 0.15) is 23.7 Å². The molecule has 1 rings (SSSR count). The molecule has 1 aromatic rings. The highest BCUT2D eigenvalue weighted by Gasteiger charge is 2.09. The van der Waals surface area contributed by atoms with Crippen molar-refractivity contribution in [3.63, 3.8) is 0 Å². The Kier molecular flexibility index (Phi) is 4.75. The molecule has 1 atom stereocenters. The number of halogens is 2. The van der Waals surface area contributed by atoms with E-state index < -0.39 is 5.82 Å². The predicted molar refractivity (Wildman–Crippen MR) is 61.7 cm³/mol. The van der Waals surface area contributed by atoms with Gasteiger partial charge in [-0.1, -0.05) is 22.0 Å². The summed E-state index contributed by atoms with van der Waals surface area (Å²) >= 11 is 3.30. The summed E-state index contributed by atoms with van der Waals surface area (Å²) in [5, 5.41) is 3.62. The number of hydrogen-bond acceptors (Lipinski definition) is 1. The fourth-order valence-corrected chi connectivity index (χ4v) is 1.86. The zero-order valence-electron chi connectivity index (χ0n) is 8.47. The zero-order valence-corrected chi connectivity index (χ0v) is 10.1. The van der Waals surface area contributed by atoms with Gasteiger partial charge in [-0.3, -0.25) is 4.79 Å². The van der Waals surface area contributed by atoms with Gasteiger partial charge in [-0.15, -0.1) is 0 Å². The first-order valence-corrected chi connectivity index (χ1v) is 5.88. The minimum Gasteiger partial charge on any atom is -0.350 e. The van der Waals surface area contributed by atoms with Gasteiger partial charge in [0.05, 0.1) is 0 Å². The lowest BCUT2D eigenvalue weighted by atomic mass is 10.2. The van der Waals surface area contributed by atoms with Gasteiger partial charge in [-0.05, 0) is 31.5 Å². The molecule has 0 bridgehead atoms. The van der Waals surface area contributed by atoms with Crippen LogP contribution in [0.15, 0.2) is 24.3 Å². The summed E-state index contributed by atoms with van der Waals surface area (Å²) in [5.41, 5.74) is 0.358. The van der Waals surface area contributed by atoms with E-state index in [1.54, 1.807) is 6.07 Å². The Labute approximate surface area is 97.0 Å². The van der Waals surface area contributed by atoms with E-state index in [4.69, 9.17) is 0 Å². The van der Waals surface area contributed by atoms with Crippen LogP contribution in [-0.2, 0) is 0 Å².